The SMILES string of the molecule is CCc1ccc2nc3oc4ccccc4n3c2c1. The zero-order valence-corrected chi connectivity index (χ0v) is 10.1. The summed E-state index contributed by atoms with van der Waals surface area (Å²) in [5, 5.41) is 0. The Hall–Kier alpha value is -2.29. The van der Waals surface area contributed by atoms with Crippen molar-refractivity contribution < 1.29 is 4.42 Å². The van der Waals surface area contributed by atoms with Gasteiger partial charge in [-0.3, -0.25) is 4.40 Å². The van der Waals surface area contributed by atoms with Gasteiger partial charge in [-0.15, -0.1) is 0 Å². The van der Waals surface area contributed by atoms with Crippen molar-refractivity contribution in [3.63, 3.8) is 0 Å². The Balaban J connectivity index is 2.24. The number of fused-ring (bicyclic) bond motifs is 5. The van der Waals surface area contributed by atoms with Gasteiger partial charge in [-0.25, -0.2) is 0 Å². The van der Waals surface area contributed by atoms with Crippen LogP contribution in [0.25, 0.3) is 28.0 Å². The predicted molar refractivity (Wildman–Crippen MR) is 71.8 cm³/mol. The minimum absolute atomic E-state index is 0.666. The van der Waals surface area contributed by atoms with Crippen LogP contribution in [0.3, 0.4) is 0 Å². The van der Waals surface area contributed by atoms with Crippen LogP contribution in [-0.2, 0) is 6.42 Å². The van der Waals surface area contributed by atoms with Crippen LogP contribution in [-0.4, -0.2) is 9.38 Å². The summed E-state index contributed by atoms with van der Waals surface area (Å²) in [5.41, 5.74) is 5.37. The maximum atomic E-state index is 5.76. The van der Waals surface area contributed by atoms with Crippen molar-refractivity contribution in [2.24, 2.45) is 0 Å². The highest BCUT2D eigenvalue weighted by molar-refractivity contribution is 5.88. The van der Waals surface area contributed by atoms with Crippen LogP contribution >= 0.6 is 0 Å². The first kappa shape index (κ1) is 9.71. The molecule has 0 aliphatic rings. The van der Waals surface area contributed by atoms with Crippen LogP contribution in [0.1, 0.15) is 12.5 Å². The number of rotatable bonds is 1. The molecule has 2 aromatic heterocycles. The molecule has 4 rings (SSSR count). The average molecular weight is 236 g/mol. The van der Waals surface area contributed by atoms with E-state index in [0.717, 1.165) is 28.6 Å². The van der Waals surface area contributed by atoms with E-state index in [2.05, 4.69) is 40.6 Å². The quantitative estimate of drug-likeness (QED) is 0.503. The van der Waals surface area contributed by atoms with Gasteiger partial charge in [0, 0.05) is 0 Å². The molecule has 0 N–H and O–H groups in total. The summed E-state index contributed by atoms with van der Waals surface area (Å²) in [6.07, 6.45) is 1.03. The lowest BCUT2D eigenvalue weighted by atomic mass is 10.1. The Morgan fingerprint density at radius 3 is 2.89 bits per heavy atom. The molecule has 0 saturated carbocycles. The van der Waals surface area contributed by atoms with Gasteiger partial charge in [0.15, 0.2) is 5.58 Å². The molecule has 0 aliphatic heterocycles. The molecule has 0 spiro atoms. The molecule has 0 atom stereocenters. The lowest BCUT2D eigenvalue weighted by Gasteiger charge is -1.97. The molecule has 0 aliphatic carbocycles. The third kappa shape index (κ3) is 1.16. The van der Waals surface area contributed by atoms with Gasteiger partial charge in [0.25, 0.3) is 0 Å². The van der Waals surface area contributed by atoms with Crippen molar-refractivity contribution >= 4 is 28.0 Å². The van der Waals surface area contributed by atoms with E-state index in [9.17, 15) is 0 Å². The number of oxazole rings is 1. The first-order chi connectivity index (χ1) is 8.86. The topological polar surface area (TPSA) is 30.4 Å². The standard InChI is InChI=1S/C15H12N2O/c1-2-10-7-8-11-13(9-10)17-12-5-3-4-6-14(12)18-15(17)16-11/h3-9H,2H2,1H3. The second kappa shape index (κ2) is 3.35. The van der Waals surface area contributed by atoms with Gasteiger partial charge in [-0.2, -0.15) is 4.98 Å². The second-order valence-corrected chi connectivity index (χ2v) is 4.48. The predicted octanol–water partition coefficient (Wildman–Crippen LogP) is 3.80. The first-order valence-corrected chi connectivity index (χ1v) is 6.15. The zero-order chi connectivity index (χ0) is 12.1. The van der Waals surface area contributed by atoms with Crippen LogP contribution in [0.4, 0.5) is 0 Å². The second-order valence-electron chi connectivity index (χ2n) is 4.48. The van der Waals surface area contributed by atoms with Gasteiger partial charge in [0.05, 0.1) is 16.6 Å². The highest BCUT2D eigenvalue weighted by atomic mass is 16.4. The minimum Gasteiger partial charge on any atom is -0.423 e. The van der Waals surface area contributed by atoms with E-state index in [1.54, 1.807) is 0 Å². The molecule has 18 heavy (non-hydrogen) atoms. The molecule has 0 amide bonds. The summed E-state index contributed by atoms with van der Waals surface area (Å²) < 4.78 is 7.85. The number of aryl methyl sites for hydroxylation is 1. The summed E-state index contributed by atoms with van der Waals surface area (Å²) in [4.78, 5) is 4.52. The summed E-state index contributed by atoms with van der Waals surface area (Å²) in [6.45, 7) is 2.16. The number of nitrogens with zero attached hydrogens (tertiary/aromatic N) is 2. The fourth-order valence-electron chi connectivity index (χ4n) is 2.45. The Bertz CT molecular complexity index is 870. The maximum Gasteiger partial charge on any atom is 0.307 e. The Morgan fingerprint density at radius 1 is 1.11 bits per heavy atom. The minimum atomic E-state index is 0.666. The highest BCUT2D eigenvalue weighted by Crippen LogP contribution is 2.26. The molecule has 0 fully saturated rings. The summed E-state index contributed by atoms with van der Waals surface area (Å²) >= 11 is 0. The van der Waals surface area contributed by atoms with Gasteiger partial charge in [-0.1, -0.05) is 25.1 Å². The fourth-order valence-corrected chi connectivity index (χ4v) is 2.45. The van der Waals surface area contributed by atoms with Crippen molar-refractivity contribution in [1.82, 2.24) is 9.38 Å². The molecule has 88 valence electrons. The molecule has 2 heterocycles. The lowest BCUT2D eigenvalue weighted by molar-refractivity contribution is 0.643. The summed E-state index contributed by atoms with van der Waals surface area (Å²) in [5.74, 6) is 0.666. The van der Waals surface area contributed by atoms with Gasteiger partial charge >= 0.3 is 5.84 Å². The summed E-state index contributed by atoms with van der Waals surface area (Å²) in [6, 6.07) is 14.4. The Labute approximate surface area is 104 Å². The van der Waals surface area contributed by atoms with Gasteiger partial charge in [0.2, 0.25) is 0 Å². The van der Waals surface area contributed by atoms with E-state index in [4.69, 9.17) is 4.42 Å². The van der Waals surface area contributed by atoms with Crippen LogP contribution in [0.15, 0.2) is 46.9 Å². The number of hydrogen-bond acceptors (Lipinski definition) is 2. The molecule has 0 radical (unpaired) electrons. The van der Waals surface area contributed by atoms with Crippen LogP contribution in [0, 0.1) is 0 Å². The lowest BCUT2D eigenvalue weighted by Crippen LogP contribution is -1.83. The third-order valence-corrected chi connectivity index (χ3v) is 3.40. The van der Waals surface area contributed by atoms with Crippen molar-refractivity contribution in [1.29, 1.82) is 0 Å². The largest absolute Gasteiger partial charge is 0.423 e. The molecule has 0 saturated heterocycles. The molecule has 4 aromatic rings. The Kier molecular flexibility index (Phi) is 1.81. The first-order valence-electron chi connectivity index (χ1n) is 6.15. The van der Waals surface area contributed by atoms with Crippen LogP contribution in [0.5, 0.6) is 0 Å². The average Bonchev–Trinajstić information content (AvgIpc) is 2.93. The molecule has 0 bridgehead atoms. The van der Waals surface area contributed by atoms with Crippen molar-refractivity contribution in [2.75, 3.05) is 0 Å². The van der Waals surface area contributed by atoms with E-state index < -0.39 is 0 Å². The molecular weight excluding hydrogens is 224 g/mol. The highest BCUT2D eigenvalue weighted by Gasteiger charge is 2.12. The van der Waals surface area contributed by atoms with Crippen molar-refractivity contribution in [3.8, 4) is 0 Å². The number of benzene rings is 2. The molecule has 3 nitrogen and oxygen atoms in total. The van der Waals surface area contributed by atoms with Crippen molar-refractivity contribution in [2.45, 2.75) is 13.3 Å². The smallest absolute Gasteiger partial charge is 0.307 e. The number of imidazole rings is 1. The summed E-state index contributed by atoms with van der Waals surface area (Å²) in [7, 11) is 0. The molecule has 3 heteroatoms. The maximum absolute atomic E-state index is 5.76. The normalized spacial score (nSPS) is 11.8. The molecule has 2 aromatic carbocycles. The zero-order valence-electron chi connectivity index (χ0n) is 10.1. The fraction of sp³-hybridized carbons (Fsp3) is 0.133. The van der Waals surface area contributed by atoms with Gasteiger partial charge in [-0.05, 0) is 36.2 Å². The monoisotopic (exact) mass is 236 g/mol. The number of hydrogen-bond donors (Lipinski definition) is 0. The van der Waals surface area contributed by atoms with E-state index in [0.29, 0.717) is 5.84 Å². The Morgan fingerprint density at radius 2 is 2.00 bits per heavy atom. The van der Waals surface area contributed by atoms with Crippen LogP contribution in [0.2, 0.25) is 0 Å². The van der Waals surface area contributed by atoms with E-state index in [1.807, 2.05) is 18.2 Å². The number of para-hydroxylation sites is 2. The molecular formula is C15H12N2O. The van der Waals surface area contributed by atoms with Crippen LogP contribution < -0.4 is 0 Å². The van der Waals surface area contributed by atoms with Gasteiger partial charge in [0.1, 0.15) is 0 Å². The molecule has 0 unspecified atom stereocenters. The van der Waals surface area contributed by atoms with Gasteiger partial charge < -0.3 is 4.42 Å². The third-order valence-electron chi connectivity index (χ3n) is 3.40. The van der Waals surface area contributed by atoms with Crippen molar-refractivity contribution in [3.05, 3.63) is 48.0 Å². The van der Waals surface area contributed by atoms with E-state index in [1.165, 1.54) is 5.56 Å². The van der Waals surface area contributed by atoms with E-state index in [-0.39, 0.29) is 0 Å². The number of aromatic nitrogens is 2. The van der Waals surface area contributed by atoms with E-state index >= 15 is 0 Å².